The summed E-state index contributed by atoms with van der Waals surface area (Å²) in [6.45, 7) is 9.91. The maximum absolute atomic E-state index is 5.81. The first-order valence-corrected chi connectivity index (χ1v) is 9.64. The summed E-state index contributed by atoms with van der Waals surface area (Å²) >= 11 is 9.21. The Hall–Kier alpha value is 0.797. The van der Waals surface area contributed by atoms with Crippen molar-refractivity contribution >= 4 is 34.1 Å². The van der Waals surface area contributed by atoms with Crippen molar-refractivity contribution in [3.8, 4) is 0 Å². The van der Waals surface area contributed by atoms with E-state index in [9.17, 15) is 0 Å². The molecule has 0 unspecified atom stereocenters. The lowest BCUT2D eigenvalue weighted by molar-refractivity contribution is 0.0706. The Bertz CT molecular complexity index is 198. The van der Waals surface area contributed by atoms with E-state index in [1.165, 1.54) is 0 Å². The van der Waals surface area contributed by atoms with Crippen LogP contribution in [0, 0.1) is 0 Å². The van der Waals surface area contributed by atoms with Gasteiger partial charge in [0, 0.05) is 25.9 Å². The molecule has 110 valence electrons. The summed E-state index contributed by atoms with van der Waals surface area (Å²) < 4.78 is 17.2. The monoisotopic (exact) mass is 312 g/mol. The molecule has 0 spiro atoms. The van der Waals surface area contributed by atoms with Gasteiger partial charge in [-0.3, -0.25) is 0 Å². The third kappa shape index (κ3) is 7.40. The van der Waals surface area contributed by atoms with Gasteiger partial charge in [-0.15, -0.1) is 0 Å². The van der Waals surface area contributed by atoms with Crippen molar-refractivity contribution in [3.05, 3.63) is 0 Å². The van der Waals surface area contributed by atoms with Crippen molar-refractivity contribution in [2.24, 2.45) is 0 Å². The first-order chi connectivity index (χ1) is 8.45. The molecule has 0 aromatic heterocycles. The van der Waals surface area contributed by atoms with Gasteiger partial charge >= 0.3 is 8.80 Å². The maximum Gasteiger partial charge on any atom is 0.501 e. The summed E-state index contributed by atoms with van der Waals surface area (Å²) in [5, 5.41) is 0. The molecule has 6 heteroatoms. The third-order valence-corrected chi connectivity index (χ3v) is 6.52. The number of rotatable bonds is 11. The van der Waals surface area contributed by atoms with Gasteiger partial charge in [-0.25, -0.2) is 0 Å². The fourth-order valence-electron chi connectivity index (χ4n) is 1.88. The quantitative estimate of drug-likeness (QED) is 0.345. The SMILES string of the molecule is CCCC(S)(S)CC[Si](OCC)(OCC)OCC. The van der Waals surface area contributed by atoms with Gasteiger partial charge < -0.3 is 13.3 Å². The fourth-order valence-corrected chi connectivity index (χ4v) is 5.71. The molecule has 0 amide bonds. The third-order valence-electron chi connectivity index (χ3n) is 2.57. The number of thiol groups is 2. The van der Waals surface area contributed by atoms with Gasteiger partial charge in [0.1, 0.15) is 0 Å². The van der Waals surface area contributed by atoms with E-state index >= 15 is 0 Å². The second kappa shape index (κ2) is 9.66. The molecule has 0 bridgehead atoms. The van der Waals surface area contributed by atoms with Crippen molar-refractivity contribution in [1.82, 2.24) is 0 Å². The van der Waals surface area contributed by atoms with E-state index in [0.29, 0.717) is 19.8 Å². The zero-order valence-corrected chi connectivity index (χ0v) is 14.9. The van der Waals surface area contributed by atoms with Crippen molar-refractivity contribution in [1.29, 1.82) is 0 Å². The predicted octanol–water partition coefficient (Wildman–Crippen LogP) is 3.78. The largest absolute Gasteiger partial charge is 0.501 e. The lowest BCUT2D eigenvalue weighted by Gasteiger charge is -2.31. The van der Waals surface area contributed by atoms with Crippen LogP contribution in [0.1, 0.15) is 47.0 Å². The molecule has 0 aliphatic heterocycles. The topological polar surface area (TPSA) is 27.7 Å². The molecule has 0 heterocycles. The van der Waals surface area contributed by atoms with Crippen LogP contribution in [0.25, 0.3) is 0 Å². The molecule has 0 rings (SSSR count). The molecule has 0 atom stereocenters. The minimum absolute atomic E-state index is 0.266. The van der Waals surface area contributed by atoms with Crippen molar-refractivity contribution in [2.45, 2.75) is 57.1 Å². The standard InChI is InChI=1S/C12H28O3S2Si/c1-5-9-12(16,17)10-11-18(13-6-2,14-7-3)15-8-4/h16-17H,5-11H2,1-4H3. The summed E-state index contributed by atoms with van der Waals surface area (Å²) in [5.74, 6) is 0. The highest BCUT2D eigenvalue weighted by molar-refractivity contribution is 8.00. The second-order valence-corrected chi connectivity index (χ2v) is 9.01. The van der Waals surface area contributed by atoms with Crippen LogP contribution in [0.2, 0.25) is 6.04 Å². The van der Waals surface area contributed by atoms with Crippen LogP contribution < -0.4 is 0 Å². The summed E-state index contributed by atoms with van der Waals surface area (Å²) in [5.41, 5.74) is 0. The van der Waals surface area contributed by atoms with Crippen LogP contribution in [-0.4, -0.2) is 32.7 Å². The van der Waals surface area contributed by atoms with Crippen LogP contribution in [0.5, 0.6) is 0 Å². The molecule has 0 aliphatic carbocycles. The van der Waals surface area contributed by atoms with Crippen LogP contribution in [0.15, 0.2) is 0 Å². The van der Waals surface area contributed by atoms with E-state index in [1.807, 2.05) is 20.8 Å². The highest BCUT2D eigenvalue weighted by Gasteiger charge is 2.41. The Balaban J connectivity index is 4.55. The molecule has 0 aromatic rings. The van der Waals surface area contributed by atoms with Gasteiger partial charge in [-0.1, -0.05) is 13.3 Å². The van der Waals surface area contributed by atoms with E-state index in [2.05, 4.69) is 32.2 Å². The first kappa shape index (κ1) is 18.8. The minimum Gasteiger partial charge on any atom is -0.374 e. The molecular weight excluding hydrogens is 284 g/mol. The lowest BCUT2D eigenvalue weighted by atomic mass is 10.2. The van der Waals surface area contributed by atoms with Crippen LogP contribution >= 0.6 is 25.3 Å². The van der Waals surface area contributed by atoms with Gasteiger partial charge in [0.05, 0.1) is 4.08 Å². The molecule has 0 radical (unpaired) electrons. The summed E-state index contributed by atoms with van der Waals surface area (Å²) in [7, 11) is -2.53. The van der Waals surface area contributed by atoms with Gasteiger partial charge in [0.2, 0.25) is 0 Å². The smallest absolute Gasteiger partial charge is 0.374 e. The molecular formula is C12H28O3S2Si. The van der Waals surface area contributed by atoms with E-state index < -0.39 is 8.80 Å². The molecule has 18 heavy (non-hydrogen) atoms. The number of hydrogen-bond acceptors (Lipinski definition) is 5. The van der Waals surface area contributed by atoms with Crippen molar-refractivity contribution in [3.63, 3.8) is 0 Å². The van der Waals surface area contributed by atoms with Gasteiger partial charge in [-0.05, 0) is 33.6 Å². The Morgan fingerprint density at radius 1 is 0.833 bits per heavy atom. The molecule has 0 saturated carbocycles. The number of hydrogen-bond donors (Lipinski definition) is 2. The molecule has 0 fully saturated rings. The average molecular weight is 313 g/mol. The van der Waals surface area contributed by atoms with Gasteiger partial charge in [-0.2, -0.15) is 25.3 Å². The van der Waals surface area contributed by atoms with Crippen LogP contribution in [0.3, 0.4) is 0 Å². The molecule has 3 nitrogen and oxygen atoms in total. The van der Waals surface area contributed by atoms with Crippen LogP contribution in [-0.2, 0) is 13.3 Å². The zero-order valence-electron chi connectivity index (χ0n) is 12.1. The molecule has 0 aromatic carbocycles. The molecule has 0 N–H and O–H groups in total. The highest BCUT2D eigenvalue weighted by Crippen LogP contribution is 2.34. The summed E-state index contributed by atoms with van der Waals surface area (Å²) in [6.07, 6.45) is 2.87. The minimum atomic E-state index is -2.53. The van der Waals surface area contributed by atoms with Gasteiger partial charge in [0.15, 0.2) is 0 Å². The lowest BCUT2D eigenvalue weighted by Crippen LogP contribution is -2.46. The van der Waals surface area contributed by atoms with Crippen LogP contribution in [0.4, 0.5) is 0 Å². The normalized spacial score (nSPS) is 13.0. The average Bonchev–Trinajstić information content (AvgIpc) is 2.28. The first-order valence-electron chi connectivity index (χ1n) is 6.81. The van der Waals surface area contributed by atoms with E-state index in [1.54, 1.807) is 0 Å². The summed E-state index contributed by atoms with van der Waals surface area (Å²) in [6, 6.07) is 0.773. The summed E-state index contributed by atoms with van der Waals surface area (Å²) in [4.78, 5) is 0. The maximum atomic E-state index is 5.81. The Morgan fingerprint density at radius 2 is 1.28 bits per heavy atom. The van der Waals surface area contributed by atoms with E-state index in [-0.39, 0.29) is 4.08 Å². The van der Waals surface area contributed by atoms with Crippen molar-refractivity contribution in [2.75, 3.05) is 19.8 Å². The molecule has 0 saturated heterocycles. The van der Waals surface area contributed by atoms with Crippen molar-refractivity contribution < 1.29 is 13.3 Å². The fraction of sp³-hybridized carbons (Fsp3) is 1.00. The van der Waals surface area contributed by atoms with E-state index in [0.717, 1.165) is 25.3 Å². The Morgan fingerprint density at radius 3 is 1.61 bits per heavy atom. The van der Waals surface area contributed by atoms with Gasteiger partial charge in [0.25, 0.3) is 0 Å². The predicted molar refractivity (Wildman–Crippen MR) is 85.7 cm³/mol. The zero-order chi connectivity index (χ0) is 14.1. The molecule has 0 aliphatic rings. The Kier molecular flexibility index (Phi) is 10.1. The highest BCUT2D eigenvalue weighted by atomic mass is 32.2. The Labute approximate surface area is 124 Å². The van der Waals surface area contributed by atoms with E-state index in [4.69, 9.17) is 13.3 Å². The second-order valence-electron chi connectivity index (χ2n) is 4.21.